The van der Waals surface area contributed by atoms with E-state index < -0.39 is 9.45 Å². The largest absolute Gasteiger partial charge is 0.455 e. The van der Waals surface area contributed by atoms with Gasteiger partial charge in [0.2, 0.25) is 0 Å². The van der Waals surface area contributed by atoms with Crippen LogP contribution in [0.1, 0.15) is 0 Å². The Labute approximate surface area is 302 Å². The highest BCUT2D eigenvalue weighted by atomic mass is 32.8. The third-order valence-electron chi connectivity index (χ3n) is 10.6. The van der Waals surface area contributed by atoms with Crippen LogP contribution < -0.4 is 0 Å². The summed E-state index contributed by atoms with van der Waals surface area (Å²) in [6, 6.07) is 61.5. The van der Waals surface area contributed by atoms with Gasteiger partial charge in [-0.2, -0.15) is 0 Å². The van der Waals surface area contributed by atoms with Crippen molar-refractivity contribution in [2.75, 3.05) is 0 Å². The van der Waals surface area contributed by atoms with Gasteiger partial charge in [0.15, 0.2) is 0 Å². The highest BCUT2D eigenvalue weighted by Crippen LogP contribution is 2.53. The molecule has 9 aromatic carbocycles. The molecule has 238 valence electrons. The van der Waals surface area contributed by atoms with Crippen LogP contribution >= 0.6 is 0 Å². The van der Waals surface area contributed by atoms with E-state index in [0.29, 0.717) is 0 Å². The minimum absolute atomic E-state index is 0.480. The quantitative estimate of drug-likeness (QED) is 0.172. The molecule has 51 heavy (non-hydrogen) atoms. The van der Waals surface area contributed by atoms with Crippen molar-refractivity contribution in [1.82, 2.24) is 0 Å². The molecule has 0 spiro atoms. The second kappa shape index (κ2) is 11.1. The van der Waals surface area contributed by atoms with Gasteiger partial charge in [0.05, 0.1) is 0 Å². The number of furan rings is 1. The van der Waals surface area contributed by atoms with Crippen LogP contribution in [0.3, 0.4) is 0 Å². The molecule has 1 nitrogen and oxygen atoms in total. The van der Waals surface area contributed by atoms with Crippen LogP contribution in [0.5, 0.6) is 0 Å². The van der Waals surface area contributed by atoms with Gasteiger partial charge >= 0.3 is 0 Å². The van der Waals surface area contributed by atoms with Gasteiger partial charge < -0.3 is 4.42 Å². The summed E-state index contributed by atoms with van der Waals surface area (Å²) in [5.41, 5.74) is 11.4. The fourth-order valence-corrected chi connectivity index (χ4v) is 10.6. The average Bonchev–Trinajstić information content (AvgIpc) is 3.71. The Morgan fingerprint density at radius 1 is 0.392 bits per heavy atom. The van der Waals surface area contributed by atoms with Crippen LogP contribution in [0.2, 0.25) is 0 Å². The first-order chi connectivity index (χ1) is 25.2. The molecule has 0 saturated carbocycles. The van der Waals surface area contributed by atoms with Crippen molar-refractivity contribution in [1.29, 1.82) is 0 Å². The number of hydrogen-bond acceptors (Lipinski definition) is 2. The molecule has 0 N–H and O–H groups in total. The zero-order valence-electron chi connectivity index (χ0n) is 27.4. The predicted octanol–water partition coefficient (Wildman–Crippen LogP) is 13.5. The van der Waals surface area contributed by atoms with E-state index in [1.807, 2.05) is 0 Å². The molecule has 1 atom stereocenters. The Bertz CT molecular complexity index is 3060. The van der Waals surface area contributed by atoms with Crippen molar-refractivity contribution in [3.63, 3.8) is 0 Å². The van der Waals surface area contributed by atoms with E-state index in [0.717, 1.165) is 27.5 Å². The van der Waals surface area contributed by atoms with Crippen LogP contribution in [0.4, 0.5) is 0 Å². The first kappa shape index (κ1) is 28.9. The first-order valence-electron chi connectivity index (χ1n) is 17.3. The van der Waals surface area contributed by atoms with Gasteiger partial charge in [0.1, 0.15) is 11.2 Å². The molecule has 0 aliphatic carbocycles. The second-order valence-corrected chi connectivity index (χ2v) is 15.8. The summed E-state index contributed by atoms with van der Waals surface area (Å²) in [7, 11) is -0.480. The summed E-state index contributed by atoms with van der Waals surface area (Å²) in [5, 5.41) is 9.61. The molecule has 10 aromatic rings. The van der Waals surface area contributed by atoms with Crippen molar-refractivity contribution < 1.29 is 4.42 Å². The van der Waals surface area contributed by atoms with Crippen LogP contribution in [-0.2, 0) is 20.6 Å². The summed E-state index contributed by atoms with van der Waals surface area (Å²) < 4.78 is 6.89. The van der Waals surface area contributed by atoms with E-state index in [1.165, 1.54) is 81.1 Å². The lowest BCUT2D eigenvalue weighted by Gasteiger charge is -2.19. The Morgan fingerprint density at radius 3 is 1.78 bits per heavy atom. The maximum absolute atomic E-state index is 6.89. The number of hydrogen-bond donors (Lipinski definition) is 0. The zero-order chi connectivity index (χ0) is 33.6. The summed E-state index contributed by atoms with van der Waals surface area (Å²) in [5.74, 6) is 0. The van der Waals surface area contributed by atoms with E-state index in [-0.39, 0.29) is 0 Å². The Kier molecular flexibility index (Phi) is 6.27. The molecule has 0 fully saturated rings. The lowest BCUT2D eigenvalue weighted by atomic mass is 9.84. The number of para-hydroxylation sites is 1. The monoisotopic (exact) mass is 684 g/mol. The van der Waals surface area contributed by atoms with E-state index in [9.17, 15) is 0 Å². The molecular weight excluding hydrogens is 657 g/mol. The smallest absolute Gasteiger partial charge is 0.143 e. The molecule has 1 aliphatic heterocycles. The van der Waals surface area contributed by atoms with Gasteiger partial charge in [-0.05, 0) is 102 Å². The van der Waals surface area contributed by atoms with Crippen LogP contribution in [-0.4, -0.2) is 0 Å². The van der Waals surface area contributed by atoms with Gasteiger partial charge in [-0.25, -0.2) is 0 Å². The standard InChI is InChI=1S/C48H28OS2/c50-51-42-23-10-8-21-39(42)46-43(51)28-40(48-47(46)38-20-7-9-22-41(38)49-48)45-36-18-5-3-16-34(36)44(35-17-4-6-19-37(35)45)33-15-11-14-31(27-33)32-25-24-29-12-1-2-13-30(29)26-32/h1-28H. The van der Waals surface area contributed by atoms with Gasteiger partial charge in [-0.15, -0.1) is 0 Å². The summed E-state index contributed by atoms with van der Waals surface area (Å²) in [6.45, 7) is 0. The molecular formula is C48H28OS2. The normalized spacial score (nSPS) is 13.8. The van der Waals surface area contributed by atoms with Crippen LogP contribution in [0.25, 0.3) is 98.8 Å². The van der Waals surface area contributed by atoms with Crippen LogP contribution in [0, 0.1) is 0 Å². The second-order valence-electron chi connectivity index (χ2n) is 13.3. The first-order valence-corrected chi connectivity index (χ1v) is 19.4. The molecule has 3 heteroatoms. The van der Waals surface area contributed by atoms with E-state index >= 15 is 0 Å². The Balaban J connectivity index is 1.22. The topological polar surface area (TPSA) is 13.1 Å². The molecule has 0 saturated heterocycles. The van der Waals surface area contributed by atoms with Crippen molar-refractivity contribution >= 4 is 74.9 Å². The van der Waals surface area contributed by atoms with Crippen molar-refractivity contribution in [3.05, 3.63) is 170 Å². The summed E-state index contributed by atoms with van der Waals surface area (Å²) in [6.07, 6.45) is 0. The predicted molar refractivity (Wildman–Crippen MR) is 219 cm³/mol. The zero-order valence-corrected chi connectivity index (χ0v) is 29.0. The lowest BCUT2D eigenvalue weighted by Crippen LogP contribution is -1.93. The average molecular weight is 685 g/mol. The Hall–Kier alpha value is -5.87. The molecule has 0 bridgehead atoms. The third kappa shape index (κ3) is 4.23. The van der Waals surface area contributed by atoms with Gasteiger partial charge in [-0.1, -0.05) is 149 Å². The maximum atomic E-state index is 6.89. The van der Waals surface area contributed by atoms with Crippen molar-refractivity contribution in [2.24, 2.45) is 0 Å². The van der Waals surface area contributed by atoms with Crippen molar-refractivity contribution in [2.45, 2.75) is 9.79 Å². The van der Waals surface area contributed by atoms with Crippen LogP contribution in [0.15, 0.2) is 184 Å². The number of benzene rings is 9. The highest BCUT2D eigenvalue weighted by Gasteiger charge is 2.30. The van der Waals surface area contributed by atoms with Gasteiger partial charge in [0, 0.05) is 37.3 Å². The lowest BCUT2D eigenvalue weighted by molar-refractivity contribution is 0.670. The minimum Gasteiger partial charge on any atom is -0.455 e. The van der Waals surface area contributed by atoms with Crippen molar-refractivity contribution in [3.8, 4) is 44.5 Å². The van der Waals surface area contributed by atoms with E-state index in [2.05, 4.69) is 170 Å². The van der Waals surface area contributed by atoms with E-state index in [4.69, 9.17) is 15.6 Å². The minimum atomic E-state index is -0.480. The molecule has 2 heterocycles. The fraction of sp³-hybridized carbons (Fsp3) is 0. The molecule has 1 unspecified atom stereocenters. The molecule has 0 amide bonds. The number of rotatable bonds is 3. The Morgan fingerprint density at radius 2 is 1.00 bits per heavy atom. The maximum Gasteiger partial charge on any atom is 0.143 e. The third-order valence-corrected chi connectivity index (χ3v) is 13.2. The SMILES string of the molecule is S=S1c2ccccc2-c2c1cc(-c1c3ccccc3c(-c3cccc(-c4ccc5ccccc5c4)c3)c3ccccc13)c1oc3ccccc3c21. The molecule has 11 rings (SSSR count). The van der Waals surface area contributed by atoms with Gasteiger partial charge in [-0.3, -0.25) is 0 Å². The highest BCUT2D eigenvalue weighted by molar-refractivity contribution is 8.29. The summed E-state index contributed by atoms with van der Waals surface area (Å²) >= 11 is 6.33. The summed E-state index contributed by atoms with van der Waals surface area (Å²) in [4.78, 5) is 2.43. The molecule has 1 aliphatic rings. The number of fused-ring (bicyclic) bond motifs is 10. The molecule has 0 radical (unpaired) electrons. The van der Waals surface area contributed by atoms with E-state index in [1.54, 1.807) is 0 Å². The molecule has 1 aromatic heterocycles. The van der Waals surface area contributed by atoms with Gasteiger partial charge in [0.25, 0.3) is 0 Å². The fourth-order valence-electron chi connectivity index (χ4n) is 8.38.